The van der Waals surface area contributed by atoms with Gasteiger partial charge in [-0.2, -0.15) is 0 Å². The van der Waals surface area contributed by atoms with Crippen molar-refractivity contribution in [3.05, 3.63) is 204 Å². The van der Waals surface area contributed by atoms with Crippen LogP contribution in [-0.2, 0) is 5.41 Å². The first-order valence-corrected chi connectivity index (χ1v) is 17.9. The summed E-state index contributed by atoms with van der Waals surface area (Å²) >= 11 is 0. The molecule has 2 aliphatic rings. The fraction of sp³-hybridized carbons (Fsp3) is 0.0196. The quantitative estimate of drug-likeness (QED) is 0.156. The third-order valence-corrected chi connectivity index (χ3v) is 12.0. The molecule has 0 nitrogen and oxygen atoms in total. The van der Waals surface area contributed by atoms with Gasteiger partial charge in [-0.3, -0.25) is 0 Å². The molecule has 0 heteroatoms. The Labute approximate surface area is 295 Å². The van der Waals surface area contributed by atoms with Crippen LogP contribution in [0.15, 0.2) is 182 Å². The summed E-state index contributed by atoms with van der Waals surface area (Å²) in [4.78, 5) is 0. The number of hydrogen-bond donors (Lipinski definition) is 0. The van der Waals surface area contributed by atoms with E-state index < -0.39 is 5.41 Å². The van der Waals surface area contributed by atoms with Crippen LogP contribution in [0.25, 0.3) is 87.2 Å². The van der Waals surface area contributed by atoms with E-state index in [-0.39, 0.29) is 0 Å². The van der Waals surface area contributed by atoms with Crippen molar-refractivity contribution in [2.24, 2.45) is 0 Å². The highest BCUT2D eigenvalue weighted by atomic mass is 14.5. The maximum Gasteiger partial charge on any atom is 0.0725 e. The Morgan fingerprint density at radius 2 is 0.686 bits per heavy atom. The number of fused-ring (bicyclic) bond motifs is 19. The van der Waals surface area contributed by atoms with Crippen LogP contribution < -0.4 is 0 Å². The molecule has 2 aliphatic carbocycles. The van der Waals surface area contributed by atoms with Gasteiger partial charge in [0.2, 0.25) is 0 Å². The highest BCUT2D eigenvalue weighted by molar-refractivity contribution is 6.26. The van der Waals surface area contributed by atoms with E-state index in [4.69, 9.17) is 0 Å². The molecule has 10 aromatic rings. The highest BCUT2D eigenvalue weighted by Crippen LogP contribution is 2.64. The van der Waals surface area contributed by atoms with Gasteiger partial charge in [-0.05, 0) is 134 Å². The van der Waals surface area contributed by atoms with E-state index >= 15 is 0 Å². The van der Waals surface area contributed by atoms with Crippen LogP contribution >= 0.6 is 0 Å². The molecule has 234 valence electrons. The normalized spacial score (nSPS) is 15.5. The minimum absolute atomic E-state index is 0.443. The predicted octanol–water partition coefficient (Wildman–Crippen LogP) is 13.5. The Balaban J connectivity index is 1.23. The van der Waals surface area contributed by atoms with Crippen molar-refractivity contribution in [2.75, 3.05) is 0 Å². The lowest BCUT2D eigenvalue weighted by Gasteiger charge is -2.31. The predicted molar refractivity (Wildman–Crippen MR) is 216 cm³/mol. The van der Waals surface area contributed by atoms with Gasteiger partial charge in [0.1, 0.15) is 0 Å². The molecule has 0 heterocycles. The van der Waals surface area contributed by atoms with Crippen LogP contribution in [0.4, 0.5) is 0 Å². The minimum Gasteiger partial charge on any atom is -0.0619 e. The fourth-order valence-electron chi connectivity index (χ4n) is 9.99. The van der Waals surface area contributed by atoms with E-state index in [2.05, 4.69) is 182 Å². The van der Waals surface area contributed by atoms with Crippen molar-refractivity contribution in [2.45, 2.75) is 5.41 Å². The van der Waals surface area contributed by atoms with Crippen molar-refractivity contribution >= 4 is 53.9 Å². The van der Waals surface area contributed by atoms with Gasteiger partial charge in [-0.15, -0.1) is 0 Å². The zero-order chi connectivity index (χ0) is 33.3. The molecule has 1 spiro atoms. The van der Waals surface area contributed by atoms with E-state index in [1.807, 2.05) is 0 Å². The first-order valence-electron chi connectivity index (χ1n) is 17.9. The molecule has 0 N–H and O–H groups in total. The van der Waals surface area contributed by atoms with Gasteiger partial charge in [-0.25, -0.2) is 0 Å². The summed E-state index contributed by atoms with van der Waals surface area (Å²) in [5, 5.41) is 13.0. The average molecular weight is 643 g/mol. The van der Waals surface area contributed by atoms with Crippen molar-refractivity contribution in [1.29, 1.82) is 0 Å². The first-order chi connectivity index (χ1) is 25.3. The summed E-state index contributed by atoms with van der Waals surface area (Å²) in [7, 11) is 0. The molecule has 1 atom stereocenters. The number of rotatable bonds is 1. The molecule has 0 radical (unpaired) electrons. The third-order valence-electron chi connectivity index (χ3n) is 12.0. The maximum atomic E-state index is 2.56. The van der Waals surface area contributed by atoms with Gasteiger partial charge in [0.25, 0.3) is 0 Å². The smallest absolute Gasteiger partial charge is 0.0619 e. The Kier molecular flexibility index (Phi) is 5.26. The lowest BCUT2D eigenvalue weighted by Crippen LogP contribution is -2.26. The summed E-state index contributed by atoms with van der Waals surface area (Å²) < 4.78 is 0. The molecule has 1 unspecified atom stereocenters. The molecular formula is C51H30. The summed E-state index contributed by atoms with van der Waals surface area (Å²) in [6.45, 7) is 0. The van der Waals surface area contributed by atoms with Gasteiger partial charge in [-0.1, -0.05) is 158 Å². The number of hydrogen-bond acceptors (Lipinski definition) is 0. The summed E-state index contributed by atoms with van der Waals surface area (Å²) in [5.74, 6) is 0. The van der Waals surface area contributed by atoms with Crippen molar-refractivity contribution in [3.63, 3.8) is 0 Å². The molecule has 0 saturated carbocycles. The van der Waals surface area contributed by atoms with E-state index in [1.165, 1.54) is 109 Å². The third kappa shape index (κ3) is 3.40. The Morgan fingerprint density at radius 3 is 1.35 bits per heavy atom. The molecule has 0 bridgehead atoms. The van der Waals surface area contributed by atoms with Crippen LogP contribution in [0.1, 0.15) is 22.3 Å². The van der Waals surface area contributed by atoms with Gasteiger partial charge < -0.3 is 0 Å². The lowest BCUT2D eigenvalue weighted by atomic mass is 9.70. The van der Waals surface area contributed by atoms with Crippen LogP contribution in [0, 0.1) is 0 Å². The SMILES string of the molecule is c1ccc2c(c1)-c1ccc(-c3cc4ccccc4c4ccccc34)cc1C21c2ccccc2-c2cc3c4ccccc4c4ccccc4c3cc21. The molecule has 10 aromatic carbocycles. The molecular weight excluding hydrogens is 613 g/mol. The van der Waals surface area contributed by atoms with E-state index in [9.17, 15) is 0 Å². The molecule has 0 saturated heterocycles. The summed E-state index contributed by atoms with van der Waals surface area (Å²) in [5.41, 5.74) is 12.9. The van der Waals surface area contributed by atoms with Crippen LogP contribution in [0.5, 0.6) is 0 Å². The van der Waals surface area contributed by atoms with E-state index in [0.717, 1.165) is 0 Å². The van der Waals surface area contributed by atoms with Crippen LogP contribution in [0.3, 0.4) is 0 Å². The summed E-state index contributed by atoms with van der Waals surface area (Å²) in [6, 6.07) is 68.7. The van der Waals surface area contributed by atoms with Gasteiger partial charge in [0.05, 0.1) is 5.41 Å². The Hall–Kier alpha value is -6.50. The van der Waals surface area contributed by atoms with E-state index in [0.29, 0.717) is 0 Å². The Bertz CT molecular complexity index is 3140. The molecule has 12 rings (SSSR count). The second-order valence-corrected chi connectivity index (χ2v) is 14.3. The molecule has 0 aromatic heterocycles. The monoisotopic (exact) mass is 642 g/mol. The van der Waals surface area contributed by atoms with Crippen LogP contribution in [-0.4, -0.2) is 0 Å². The van der Waals surface area contributed by atoms with Crippen LogP contribution in [0.2, 0.25) is 0 Å². The standard InChI is InChI=1S/C51H30/c1-2-14-33-31(13-1)27-43(37-18-6-3-15-34(33)37)32-25-26-42-40-21-9-11-23-47(40)51(49(42)28-32)48-24-12-10-22-41(48)46-29-44-38-19-7-4-16-35(38)36-17-5-8-20-39(36)45(44)30-50(46)51/h1-30H. The van der Waals surface area contributed by atoms with Gasteiger partial charge in [0, 0.05) is 0 Å². The molecule has 0 aliphatic heterocycles. The molecule has 0 amide bonds. The minimum atomic E-state index is -0.443. The van der Waals surface area contributed by atoms with Gasteiger partial charge >= 0.3 is 0 Å². The number of benzene rings is 10. The Morgan fingerprint density at radius 1 is 0.235 bits per heavy atom. The van der Waals surface area contributed by atoms with Crippen molar-refractivity contribution in [3.8, 4) is 33.4 Å². The average Bonchev–Trinajstić information content (AvgIpc) is 3.66. The lowest BCUT2D eigenvalue weighted by molar-refractivity contribution is 0.795. The highest BCUT2D eigenvalue weighted by Gasteiger charge is 2.51. The second-order valence-electron chi connectivity index (χ2n) is 14.3. The first kappa shape index (κ1) is 27.3. The van der Waals surface area contributed by atoms with Crippen molar-refractivity contribution < 1.29 is 0 Å². The summed E-state index contributed by atoms with van der Waals surface area (Å²) in [6.07, 6.45) is 0. The van der Waals surface area contributed by atoms with E-state index in [1.54, 1.807) is 0 Å². The zero-order valence-corrected chi connectivity index (χ0v) is 27.8. The molecule has 51 heavy (non-hydrogen) atoms. The topological polar surface area (TPSA) is 0 Å². The van der Waals surface area contributed by atoms with Gasteiger partial charge in [0.15, 0.2) is 0 Å². The molecule has 0 fully saturated rings. The fourth-order valence-corrected chi connectivity index (χ4v) is 9.99. The zero-order valence-electron chi connectivity index (χ0n) is 27.8. The van der Waals surface area contributed by atoms with Crippen molar-refractivity contribution in [1.82, 2.24) is 0 Å². The largest absolute Gasteiger partial charge is 0.0725 e. The second kappa shape index (κ2) is 9.81. The maximum absolute atomic E-state index is 2.56.